The maximum absolute atomic E-state index is 13.2. The smallest absolute Gasteiger partial charge is 0.291 e. The molecule has 0 bridgehead atoms. The first-order valence-electron chi connectivity index (χ1n) is 11.0. The van der Waals surface area contributed by atoms with Crippen LogP contribution in [0, 0.1) is 0 Å². The number of nitrogens with one attached hydrogen (secondary N) is 2. The Morgan fingerprint density at radius 1 is 0.944 bits per heavy atom. The third kappa shape index (κ3) is 5.46. The largest absolute Gasteiger partial charge is 0.451 e. The normalized spacial score (nSPS) is 11.4. The first-order valence-corrected chi connectivity index (χ1v) is 14.5. The lowest BCUT2D eigenvalue weighted by atomic mass is 10.1. The van der Waals surface area contributed by atoms with Gasteiger partial charge in [-0.15, -0.1) is 11.3 Å². The van der Waals surface area contributed by atoms with Crippen LogP contribution in [-0.2, 0) is 21.5 Å². The zero-order valence-corrected chi connectivity index (χ0v) is 21.3. The Hall–Kier alpha value is -3.60. The zero-order valence-electron chi connectivity index (χ0n) is 18.9. The third-order valence-corrected chi connectivity index (χ3v) is 8.54. The Bertz CT molecular complexity index is 1580. The Morgan fingerprint density at radius 2 is 1.69 bits per heavy atom. The number of aromatic nitrogens is 1. The van der Waals surface area contributed by atoms with Crippen LogP contribution in [0.3, 0.4) is 0 Å². The molecule has 5 aromatic rings. The van der Waals surface area contributed by atoms with Crippen molar-refractivity contribution in [3.05, 3.63) is 107 Å². The van der Waals surface area contributed by atoms with E-state index in [2.05, 4.69) is 27.2 Å². The molecule has 182 valence electrons. The predicted octanol–water partition coefficient (Wildman–Crippen LogP) is 6.38. The molecule has 0 aliphatic carbocycles. The van der Waals surface area contributed by atoms with Crippen molar-refractivity contribution in [1.29, 1.82) is 0 Å². The molecule has 0 aliphatic rings. The van der Waals surface area contributed by atoms with Crippen LogP contribution in [-0.4, -0.2) is 19.3 Å². The average Bonchev–Trinajstić information content (AvgIpc) is 3.53. The van der Waals surface area contributed by atoms with Crippen molar-refractivity contribution in [1.82, 2.24) is 4.98 Å². The summed E-state index contributed by atoms with van der Waals surface area (Å²) >= 11 is 2.90. The molecular weight excluding hydrogens is 515 g/mol. The average molecular weight is 536 g/mol. The van der Waals surface area contributed by atoms with E-state index in [0.29, 0.717) is 17.0 Å². The Kier molecular flexibility index (Phi) is 7.08. The Labute approximate surface area is 216 Å². The summed E-state index contributed by atoms with van der Waals surface area (Å²) in [6, 6.07) is 23.7. The zero-order chi connectivity index (χ0) is 25.0. The Morgan fingerprint density at radius 3 is 2.44 bits per heavy atom. The van der Waals surface area contributed by atoms with Gasteiger partial charge in [-0.3, -0.25) is 9.52 Å². The van der Waals surface area contributed by atoms with Crippen molar-refractivity contribution < 1.29 is 17.6 Å². The fraction of sp³-hybridized carbons (Fsp3) is 0.0769. The molecule has 0 unspecified atom stereocenters. The first-order chi connectivity index (χ1) is 17.5. The van der Waals surface area contributed by atoms with Gasteiger partial charge in [0.25, 0.3) is 15.9 Å². The number of rotatable bonds is 9. The van der Waals surface area contributed by atoms with Gasteiger partial charge in [-0.25, -0.2) is 13.4 Å². The Balaban J connectivity index is 1.32. The number of anilines is 2. The summed E-state index contributed by atoms with van der Waals surface area (Å²) < 4.78 is 33.5. The molecule has 0 saturated carbocycles. The minimum absolute atomic E-state index is 0.0671. The van der Waals surface area contributed by atoms with E-state index in [9.17, 15) is 13.2 Å². The van der Waals surface area contributed by atoms with Gasteiger partial charge in [0.15, 0.2) is 10.9 Å². The molecule has 1 amide bonds. The maximum Gasteiger partial charge on any atom is 0.291 e. The highest BCUT2D eigenvalue weighted by molar-refractivity contribution is 7.97. The summed E-state index contributed by atoms with van der Waals surface area (Å²) in [6.07, 6.45) is 1.52. The lowest BCUT2D eigenvalue weighted by Gasteiger charge is -2.08. The maximum atomic E-state index is 13.2. The van der Waals surface area contributed by atoms with Crippen molar-refractivity contribution in [3.8, 4) is 0 Å². The molecule has 7 nitrogen and oxygen atoms in total. The molecule has 0 atom stereocenters. The molecule has 0 radical (unpaired) electrons. The molecule has 0 aliphatic heterocycles. The van der Waals surface area contributed by atoms with Crippen LogP contribution in [0.2, 0.25) is 0 Å². The molecule has 0 saturated heterocycles. The highest BCUT2D eigenvalue weighted by Gasteiger charge is 2.21. The lowest BCUT2D eigenvalue weighted by Crippen LogP contribution is -2.14. The summed E-state index contributed by atoms with van der Waals surface area (Å²) in [5, 5.41) is 5.70. The van der Waals surface area contributed by atoms with Crippen molar-refractivity contribution in [2.75, 3.05) is 10.0 Å². The van der Waals surface area contributed by atoms with Crippen LogP contribution in [0.5, 0.6) is 0 Å². The molecule has 0 fully saturated rings. The molecule has 2 aromatic heterocycles. The summed E-state index contributed by atoms with van der Waals surface area (Å²) in [6.45, 7) is 0. The fourth-order valence-electron chi connectivity index (χ4n) is 3.62. The summed E-state index contributed by atoms with van der Waals surface area (Å²) in [4.78, 5) is 17.2. The second kappa shape index (κ2) is 10.6. The quantitative estimate of drug-likeness (QED) is 0.227. The molecule has 3 aromatic carbocycles. The van der Waals surface area contributed by atoms with Gasteiger partial charge in [0, 0.05) is 39.7 Å². The third-order valence-electron chi connectivity index (χ3n) is 5.34. The van der Waals surface area contributed by atoms with E-state index >= 15 is 0 Å². The van der Waals surface area contributed by atoms with Crippen molar-refractivity contribution in [3.63, 3.8) is 0 Å². The van der Waals surface area contributed by atoms with E-state index in [-0.39, 0.29) is 15.8 Å². The van der Waals surface area contributed by atoms with Gasteiger partial charge in [0.2, 0.25) is 0 Å². The topological polar surface area (TPSA) is 101 Å². The number of hydrogen-bond acceptors (Lipinski definition) is 7. The van der Waals surface area contributed by atoms with E-state index in [0.717, 1.165) is 16.7 Å². The van der Waals surface area contributed by atoms with Crippen LogP contribution in [0.4, 0.5) is 10.8 Å². The SMILES string of the molecule is O=C(Nc1ccc(S(=O)(=O)Nc2nccs2)cc1)c1oc2ccccc2c1CSCc1ccccc1. The number of furan rings is 1. The van der Waals surface area contributed by atoms with Crippen LogP contribution in [0.1, 0.15) is 21.7 Å². The van der Waals surface area contributed by atoms with Gasteiger partial charge >= 0.3 is 0 Å². The van der Waals surface area contributed by atoms with Crippen LogP contribution < -0.4 is 10.0 Å². The summed E-state index contributed by atoms with van der Waals surface area (Å²) in [7, 11) is -3.77. The first kappa shape index (κ1) is 24.1. The lowest BCUT2D eigenvalue weighted by molar-refractivity contribution is 0.0998. The summed E-state index contributed by atoms with van der Waals surface area (Å²) in [5.41, 5.74) is 3.14. The molecule has 10 heteroatoms. The van der Waals surface area contributed by atoms with Crippen LogP contribution in [0.25, 0.3) is 11.0 Å². The summed E-state index contributed by atoms with van der Waals surface area (Å²) in [5.74, 6) is 1.28. The number of amides is 1. The van der Waals surface area contributed by atoms with E-state index in [1.165, 1.54) is 35.2 Å². The molecular formula is C26H21N3O4S3. The standard InChI is InChI=1S/C26H21N3O4S3/c30-25(28-19-10-12-20(13-11-19)36(31,32)29-26-27-14-15-35-26)24-22(21-8-4-5-9-23(21)33-24)17-34-16-18-6-2-1-3-7-18/h1-15H,16-17H2,(H,27,29)(H,28,30). The fourth-order valence-corrected chi connectivity index (χ4v) is 6.43. The van der Waals surface area contributed by atoms with Gasteiger partial charge in [-0.1, -0.05) is 48.5 Å². The van der Waals surface area contributed by atoms with Gasteiger partial charge in [0.1, 0.15) is 5.58 Å². The number of para-hydroxylation sites is 1. The highest BCUT2D eigenvalue weighted by atomic mass is 32.2. The molecule has 0 spiro atoms. The molecule has 2 N–H and O–H groups in total. The van der Waals surface area contributed by atoms with Gasteiger partial charge in [-0.05, 0) is 35.9 Å². The minimum atomic E-state index is -3.77. The number of hydrogen-bond donors (Lipinski definition) is 2. The van der Waals surface area contributed by atoms with E-state index in [1.807, 2.05) is 42.5 Å². The minimum Gasteiger partial charge on any atom is -0.451 e. The predicted molar refractivity (Wildman–Crippen MR) is 145 cm³/mol. The van der Waals surface area contributed by atoms with Crippen molar-refractivity contribution in [2.45, 2.75) is 16.4 Å². The van der Waals surface area contributed by atoms with Crippen molar-refractivity contribution in [2.24, 2.45) is 0 Å². The molecule has 36 heavy (non-hydrogen) atoms. The number of thioether (sulfide) groups is 1. The second-order valence-corrected chi connectivity index (χ2v) is 11.4. The number of thiazole rings is 1. The van der Waals surface area contributed by atoms with E-state index in [4.69, 9.17) is 4.42 Å². The molecule has 5 rings (SSSR count). The highest BCUT2D eigenvalue weighted by Crippen LogP contribution is 2.31. The van der Waals surface area contributed by atoms with Crippen LogP contribution >= 0.6 is 23.1 Å². The van der Waals surface area contributed by atoms with Gasteiger partial charge in [-0.2, -0.15) is 11.8 Å². The number of sulfonamides is 1. The number of carbonyl (C=O) groups is 1. The van der Waals surface area contributed by atoms with E-state index < -0.39 is 15.9 Å². The number of nitrogens with zero attached hydrogens (tertiary/aromatic N) is 1. The van der Waals surface area contributed by atoms with Crippen molar-refractivity contribution >= 4 is 60.8 Å². The monoisotopic (exact) mass is 535 g/mol. The number of fused-ring (bicyclic) bond motifs is 1. The van der Waals surface area contributed by atoms with Crippen LogP contribution in [0.15, 0.2) is 99.8 Å². The number of carbonyl (C=O) groups excluding carboxylic acids is 1. The number of benzene rings is 3. The second-order valence-electron chi connectivity index (χ2n) is 7.81. The molecule has 2 heterocycles. The van der Waals surface area contributed by atoms with Gasteiger partial charge < -0.3 is 9.73 Å². The van der Waals surface area contributed by atoms with E-state index in [1.54, 1.807) is 29.3 Å². The van der Waals surface area contributed by atoms with Gasteiger partial charge in [0.05, 0.1) is 4.90 Å².